The Hall–Kier alpha value is -2.36. The molecule has 0 radical (unpaired) electrons. The normalized spacial score (nSPS) is 10.6. The molecule has 108 valence electrons. The number of rotatable bonds is 3. The van der Waals surface area contributed by atoms with Crippen molar-refractivity contribution in [3.05, 3.63) is 53.7 Å². The summed E-state index contributed by atoms with van der Waals surface area (Å²) in [6.45, 7) is 1.95. The highest BCUT2D eigenvalue weighted by Crippen LogP contribution is 2.19. The number of benzene rings is 1. The number of hydrogen-bond donors (Lipinski definition) is 2. The van der Waals surface area contributed by atoms with Crippen molar-refractivity contribution in [1.82, 2.24) is 4.98 Å². The van der Waals surface area contributed by atoms with E-state index in [0.717, 1.165) is 5.56 Å². The third kappa shape index (κ3) is 3.60. The minimum atomic E-state index is -3.75. The Kier molecular flexibility index (Phi) is 4.58. The zero-order chi connectivity index (χ0) is 15.3. The Bertz CT molecular complexity index is 805. The molecule has 0 fully saturated rings. The Balaban J connectivity index is 2.43. The van der Waals surface area contributed by atoms with Crippen molar-refractivity contribution in [2.24, 2.45) is 5.73 Å². The molecule has 0 unspecified atom stereocenters. The van der Waals surface area contributed by atoms with Gasteiger partial charge in [-0.1, -0.05) is 30.0 Å². The molecule has 1 aromatic carbocycles. The average Bonchev–Trinajstić information content (AvgIpc) is 2.47. The number of hydrogen-bond acceptors (Lipinski definition) is 4. The highest BCUT2D eigenvalue weighted by atomic mass is 32.2. The van der Waals surface area contributed by atoms with Gasteiger partial charge in [0.15, 0.2) is 0 Å². The van der Waals surface area contributed by atoms with Crippen LogP contribution in [0.1, 0.15) is 11.1 Å². The average molecular weight is 301 g/mol. The van der Waals surface area contributed by atoms with E-state index in [9.17, 15) is 8.42 Å². The number of aryl methyl sites for hydroxylation is 1. The Morgan fingerprint density at radius 1 is 1.24 bits per heavy atom. The SMILES string of the molecule is Cc1cccnc1NS(=O)(=O)c1ccccc1C#CCN. The molecular weight excluding hydrogens is 286 g/mol. The lowest BCUT2D eigenvalue weighted by molar-refractivity contribution is 0.601. The molecule has 0 amide bonds. The largest absolute Gasteiger partial charge is 0.320 e. The first-order valence-corrected chi connectivity index (χ1v) is 7.75. The minimum absolute atomic E-state index is 0.107. The molecule has 3 N–H and O–H groups in total. The van der Waals surface area contributed by atoms with Gasteiger partial charge in [-0.15, -0.1) is 0 Å². The van der Waals surface area contributed by atoms with Gasteiger partial charge in [0.2, 0.25) is 0 Å². The summed E-state index contributed by atoms with van der Waals surface area (Å²) in [6, 6.07) is 10.0. The van der Waals surface area contributed by atoms with Gasteiger partial charge < -0.3 is 5.73 Å². The summed E-state index contributed by atoms with van der Waals surface area (Å²) in [6.07, 6.45) is 1.53. The van der Waals surface area contributed by atoms with Gasteiger partial charge in [0.05, 0.1) is 6.54 Å². The Morgan fingerprint density at radius 2 is 2.00 bits per heavy atom. The number of aromatic nitrogens is 1. The number of sulfonamides is 1. The fourth-order valence-electron chi connectivity index (χ4n) is 1.73. The molecule has 0 aliphatic carbocycles. The monoisotopic (exact) mass is 301 g/mol. The maximum absolute atomic E-state index is 12.5. The summed E-state index contributed by atoms with van der Waals surface area (Å²) in [5, 5.41) is 0. The smallest absolute Gasteiger partial charge is 0.264 e. The second-order valence-electron chi connectivity index (χ2n) is 4.28. The van der Waals surface area contributed by atoms with E-state index >= 15 is 0 Å². The minimum Gasteiger partial charge on any atom is -0.320 e. The second kappa shape index (κ2) is 6.39. The van der Waals surface area contributed by atoms with Gasteiger partial charge in [-0.3, -0.25) is 4.72 Å². The van der Waals surface area contributed by atoms with Crippen molar-refractivity contribution in [1.29, 1.82) is 0 Å². The van der Waals surface area contributed by atoms with E-state index in [1.807, 2.05) is 0 Å². The molecule has 21 heavy (non-hydrogen) atoms. The predicted octanol–water partition coefficient (Wildman–Crippen LogP) is 1.50. The molecule has 0 spiro atoms. The van der Waals surface area contributed by atoms with Gasteiger partial charge in [-0.25, -0.2) is 13.4 Å². The van der Waals surface area contributed by atoms with Crippen molar-refractivity contribution in [3.8, 4) is 11.8 Å². The Labute approximate surface area is 124 Å². The summed E-state index contributed by atoms with van der Waals surface area (Å²) < 4.78 is 27.5. The van der Waals surface area contributed by atoms with Gasteiger partial charge >= 0.3 is 0 Å². The summed E-state index contributed by atoms with van der Waals surface area (Å²) in [4.78, 5) is 4.14. The van der Waals surface area contributed by atoms with Crippen LogP contribution in [0, 0.1) is 18.8 Å². The molecule has 2 rings (SSSR count). The van der Waals surface area contributed by atoms with Crippen LogP contribution in [0.4, 0.5) is 5.82 Å². The van der Waals surface area contributed by atoms with Gasteiger partial charge in [0.1, 0.15) is 10.7 Å². The lowest BCUT2D eigenvalue weighted by Gasteiger charge is -2.10. The van der Waals surface area contributed by atoms with Crippen LogP contribution in [0.25, 0.3) is 0 Å². The summed E-state index contributed by atoms with van der Waals surface area (Å²) in [5.74, 6) is 5.73. The molecule has 0 aliphatic heterocycles. The predicted molar refractivity (Wildman–Crippen MR) is 82.2 cm³/mol. The number of pyridine rings is 1. The molecule has 1 aromatic heterocycles. The molecule has 0 saturated heterocycles. The van der Waals surface area contributed by atoms with E-state index < -0.39 is 10.0 Å². The van der Waals surface area contributed by atoms with Gasteiger partial charge in [-0.2, -0.15) is 0 Å². The molecule has 6 heteroatoms. The third-order valence-corrected chi connectivity index (χ3v) is 4.14. The fraction of sp³-hybridized carbons (Fsp3) is 0.133. The van der Waals surface area contributed by atoms with Crippen LogP contribution >= 0.6 is 0 Å². The molecule has 2 aromatic rings. The zero-order valence-corrected chi connectivity index (χ0v) is 12.3. The Morgan fingerprint density at radius 3 is 2.71 bits per heavy atom. The van der Waals surface area contributed by atoms with E-state index in [-0.39, 0.29) is 11.4 Å². The van der Waals surface area contributed by atoms with Crippen molar-refractivity contribution in [3.63, 3.8) is 0 Å². The number of nitrogens with zero attached hydrogens (tertiary/aromatic N) is 1. The fourth-order valence-corrected chi connectivity index (χ4v) is 2.97. The van der Waals surface area contributed by atoms with Crippen LogP contribution in [-0.4, -0.2) is 19.9 Å². The lowest BCUT2D eigenvalue weighted by atomic mass is 10.2. The van der Waals surface area contributed by atoms with Crippen LogP contribution in [0.3, 0.4) is 0 Å². The van der Waals surface area contributed by atoms with E-state index in [4.69, 9.17) is 5.73 Å². The maximum Gasteiger partial charge on any atom is 0.264 e. The molecule has 0 atom stereocenters. The van der Waals surface area contributed by atoms with Crippen molar-refractivity contribution in [2.75, 3.05) is 11.3 Å². The molecule has 0 aliphatic rings. The third-order valence-electron chi connectivity index (χ3n) is 2.74. The highest BCUT2D eigenvalue weighted by molar-refractivity contribution is 7.92. The van der Waals surface area contributed by atoms with E-state index in [2.05, 4.69) is 21.5 Å². The van der Waals surface area contributed by atoms with E-state index in [1.165, 1.54) is 12.3 Å². The maximum atomic E-state index is 12.5. The molecule has 1 heterocycles. The summed E-state index contributed by atoms with van der Waals surface area (Å²) in [7, 11) is -3.75. The van der Waals surface area contributed by atoms with Crippen LogP contribution in [0.2, 0.25) is 0 Å². The van der Waals surface area contributed by atoms with Crippen molar-refractivity contribution < 1.29 is 8.42 Å². The van der Waals surface area contributed by atoms with Gasteiger partial charge in [0.25, 0.3) is 10.0 Å². The van der Waals surface area contributed by atoms with E-state index in [1.54, 1.807) is 37.3 Å². The molecular formula is C15H15N3O2S. The highest BCUT2D eigenvalue weighted by Gasteiger charge is 2.18. The van der Waals surface area contributed by atoms with Crippen LogP contribution < -0.4 is 10.5 Å². The number of anilines is 1. The van der Waals surface area contributed by atoms with E-state index in [0.29, 0.717) is 11.4 Å². The second-order valence-corrected chi connectivity index (χ2v) is 5.93. The van der Waals surface area contributed by atoms with Crippen LogP contribution in [-0.2, 0) is 10.0 Å². The van der Waals surface area contributed by atoms with Crippen molar-refractivity contribution >= 4 is 15.8 Å². The molecule has 5 nitrogen and oxygen atoms in total. The van der Waals surface area contributed by atoms with Crippen LogP contribution in [0.5, 0.6) is 0 Å². The quantitative estimate of drug-likeness (QED) is 0.841. The first-order valence-electron chi connectivity index (χ1n) is 6.27. The molecule has 0 saturated carbocycles. The van der Waals surface area contributed by atoms with Gasteiger partial charge in [0, 0.05) is 11.8 Å². The topological polar surface area (TPSA) is 85.1 Å². The van der Waals surface area contributed by atoms with Gasteiger partial charge in [-0.05, 0) is 30.7 Å². The molecule has 0 bridgehead atoms. The first-order chi connectivity index (χ1) is 10.0. The number of nitrogens with one attached hydrogen (secondary N) is 1. The lowest BCUT2D eigenvalue weighted by Crippen LogP contribution is -2.16. The summed E-state index contributed by atoms with van der Waals surface area (Å²) in [5.41, 5.74) is 6.48. The van der Waals surface area contributed by atoms with Crippen molar-refractivity contribution in [2.45, 2.75) is 11.8 Å². The standard InChI is InChI=1S/C15H15N3O2S/c1-12-6-5-11-17-15(12)18-21(19,20)14-9-3-2-7-13(14)8-4-10-16/h2-3,5-7,9,11H,10,16H2,1H3,(H,17,18). The summed E-state index contributed by atoms with van der Waals surface area (Å²) >= 11 is 0. The number of nitrogens with two attached hydrogens (primary N) is 1. The van der Waals surface area contributed by atoms with Crippen LogP contribution in [0.15, 0.2) is 47.5 Å². The zero-order valence-electron chi connectivity index (χ0n) is 11.5. The first kappa shape index (κ1) is 15.0.